The highest BCUT2D eigenvalue weighted by molar-refractivity contribution is 8.26. The normalized spacial score (nSPS) is 21.0. The molecular weight excluding hydrogens is 404 g/mol. The number of carbonyl (C=O) groups excluding carboxylic acids is 1. The van der Waals surface area contributed by atoms with E-state index in [1.165, 1.54) is 16.7 Å². The molecule has 0 N–H and O–H groups in total. The van der Waals surface area contributed by atoms with Crippen LogP contribution in [-0.2, 0) is 11.8 Å². The summed E-state index contributed by atoms with van der Waals surface area (Å²) in [6, 6.07) is 2.04. The van der Waals surface area contributed by atoms with Crippen LogP contribution >= 0.6 is 24.0 Å². The first-order chi connectivity index (χ1) is 13.8. The number of anilines is 1. The molecule has 2 saturated heterocycles. The molecule has 6 nitrogen and oxygen atoms in total. The molecule has 0 spiro atoms. The lowest BCUT2D eigenvalue weighted by Gasteiger charge is -2.35. The van der Waals surface area contributed by atoms with Crippen LogP contribution in [0.15, 0.2) is 22.4 Å². The van der Waals surface area contributed by atoms with Gasteiger partial charge < -0.3 is 4.90 Å². The Morgan fingerprint density at radius 1 is 1.41 bits per heavy atom. The lowest BCUT2D eigenvalue weighted by atomic mass is 9.98. The van der Waals surface area contributed by atoms with E-state index in [0.29, 0.717) is 27.3 Å². The molecule has 3 rings (SSSR count). The van der Waals surface area contributed by atoms with Crippen LogP contribution in [0.3, 0.4) is 0 Å². The Hall–Kier alpha value is -2.37. The summed E-state index contributed by atoms with van der Waals surface area (Å²) in [6.45, 7) is 9.67. The van der Waals surface area contributed by atoms with Crippen molar-refractivity contribution in [2.45, 2.75) is 26.7 Å². The molecule has 152 valence electrons. The van der Waals surface area contributed by atoms with Crippen molar-refractivity contribution in [2.75, 3.05) is 24.5 Å². The van der Waals surface area contributed by atoms with Gasteiger partial charge in [-0.15, -0.1) is 6.58 Å². The molecule has 2 fully saturated rings. The molecule has 3 heterocycles. The van der Waals surface area contributed by atoms with Gasteiger partial charge in [-0.2, -0.15) is 5.26 Å². The molecular formula is C21H24N4O2S2. The van der Waals surface area contributed by atoms with E-state index < -0.39 is 0 Å². The summed E-state index contributed by atoms with van der Waals surface area (Å²) < 4.78 is 2.03. The number of nitrogens with zero attached hydrogens (tertiary/aromatic N) is 4. The first-order valence-corrected chi connectivity index (χ1v) is 10.8. The van der Waals surface area contributed by atoms with E-state index >= 15 is 0 Å². The van der Waals surface area contributed by atoms with E-state index in [1.54, 1.807) is 30.7 Å². The van der Waals surface area contributed by atoms with Crippen LogP contribution in [0.5, 0.6) is 0 Å². The maximum atomic E-state index is 12.8. The highest BCUT2D eigenvalue weighted by Crippen LogP contribution is 2.36. The van der Waals surface area contributed by atoms with Crippen molar-refractivity contribution in [3.63, 3.8) is 0 Å². The lowest BCUT2D eigenvalue weighted by Crippen LogP contribution is -2.39. The second kappa shape index (κ2) is 8.56. The van der Waals surface area contributed by atoms with Crippen molar-refractivity contribution in [1.82, 2.24) is 9.47 Å². The molecule has 1 aromatic rings. The number of piperidine rings is 1. The van der Waals surface area contributed by atoms with Gasteiger partial charge in [-0.3, -0.25) is 19.1 Å². The van der Waals surface area contributed by atoms with E-state index in [1.807, 2.05) is 6.07 Å². The third-order valence-corrected chi connectivity index (χ3v) is 6.76. The number of amides is 1. The van der Waals surface area contributed by atoms with Crippen molar-refractivity contribution >= 4 is 46.1 Å². The predicted octanol–water partition coefficient (Wildman–Crippen LogP) is 3.19. The van der Waals surface area contributed by atoms with E-state index in [0.717, 1.165) is 37.3 Å². The Labute approximate surface area is 180 Å². The highest BCUT2D eigenvalue weighted by Gasteiger charge is 2.32. The SMILES string of the molecule is C=CCN1C(=O)C(=Cc2c(C)c(C#N)c(=O)n(C)c2N2CCCC(C)C2)SC1=S. The topological polar surface area (TPSA) is 69.3 Å². The molecule has 0 radical (unpaired) electrons. The number of hydrogen-bond donors (Lipinski definition) is 0. The monoisotopic (exact) mass is 428 g/mol. The van der Waals surface area contributed by atoms with E-state index in [-0.39, 0.29) is 17.0 Å². The van der Waals surface area contributed by atoms with Gasteiger partial charge in [-0.05, 0) is 37.3 Å². The minimum Gasteiger partial charge on any atom is -0.357 e. The van der Waals surface area contributed by atoms with Gasteiger partial charge in [0.15, 0.2) is 0 Å². The van der Waals surface area contributed by atoms with Gasteiger partial charge in [0.05, 0.1) is 4.91 Å². The summed E-state index contributed by atoms with van der Waals surface area (Å²) in [5.74, 6) is 1.09. The van der Waals surface area contributed by atoms with Crippen molar-refractivity contribution < 1.29 is 4.79 Å². The number of nitriles is 1. The molecule has 2 aliphatic rings. The van der Waals surface area contributed by atoms with Crippen LogP contribution < -0.4 is 10.5 Å². The molecule has 0 bridgehead atoms. The number of pyridine rings is 1. The zero-order valence-corrected chi connectivity index (χ0v) is 18.5. The average molecular weight is 429 g/mol. The lowest BCUT2D eigenvalue weighted by molar-refractivity contribution is -0.121. The Balaban J connectivity index is 2.20. The van der Waals surface area contributed by atoms with Gasteiger partial charge in [-0.1, -0.05) is 37.0 Å². The van der Waals surface area contributed by atoms with Gasteiger partial charge >= 0.3 is 0 Å². The summed E-state index contributed by atoms with van der Waals surface area (Å²) in [7, 11) is 1.69. The molecule has 1 amide bonds. The number of carbonyl (C=O) groups is 1. The van der Waals surface area contributed by atoms with Crippen LogP contribution in [0.2, 0.25) is 0 Å². The first kappa shape index (κ1) is 21.3. The van der Waals surface area contributed by atoms with Crippen molar-refractivity contribution in [2.24, 2.45) is 13.0 Å². The molecule has 2 aliphatic heterocycles. The number of thioether (sulfide) groups is 1. The molecule has 0 saturated carbocycles. The molecule has 1 unspecified atom stereocenters. The van der Waals surface area contributed by atoms with Gasteiger partial charge in [0.2, 0.25) is 0 Å². The standard InChI is InChI=1S/C21H24N4O2S2/c1-5-8-25-20(27)17(29-21(25)28)10-15-14(3)16(11-22)19(26)23(4)18(15)24-9-6-7-13(2)12-24/h5,10,13H,1,6-9,12H2,2-4H3. The quantitative estimate of drug-likeness (QED) is 0.417. The fourth-order valence-corrected chi connectivity index (χ4v) is 5.15. The van der Waals surface area contributed by atoms with Gasteiger partial charge in [-0.25, -0.2) is 0 Å². The zero-order valence-electron chi connectivity index (χ0n) is 16.9. The maximum absolute atomic E-state index is 12.8. The Bertz CT molecular complexity index is 1020. The Morgan fingerprint density at radius 2 is 2.14 bits per heavy atom. The van der Waals surface area contributed by atoms with Crippen molar-refractivity contribution in [3.05, 3.63) is 44.6 Å². The molecule has 0 aliphatic carbocycles. The molecule has 8 heteroatoms. The maximum Gasteiger partial charge on any atom is 0.270 e. The summed E-state index contributed by atoms with van der Waals surface area (Å²) in [5, 5.41) is 9.55. The summed E-state index contributed by atoms with van der Waals surface area (Å²) in [6.07, 6.45) is 5.61. The number of hydrogen-bond acceptors (Lipinski definition) is 6. The number of thiocarbonyl (C=S) groups is 1. The smallest absolute Gasteiger partial charge is 0.270 e. The van der Waals surface area contributed by atoms with E-state index in [2.05, 4.69) is 18.4 Å². The predicted molar refractivity (Wildman–Crippen MR) is 122 cm³/mol. The Morgan fingerprint density at radius 3 is 2.76 bits per heavy atom. The molecule has 1 aromatic heterocycles. The van der Waals surface area contributed by atoms with Crippen LogP contribution in [-0.4, -0.2) is 39.3 Å². The van der Waals surface area contributed by atoms with Gasteiger partial charge in [0.1, 0.15) is 21.8 Å². The van der Waals surface area contributed by atoms with E-state index in [9.17, 15) is 14.9 Å². The van der Waals surface area contributed by atoms with Crippen LogP contribution in [0.25, 0.3) is 6.08 Å². The molecule has 0 aromatic carbocycles. The minimum atomic E-state index is -0.311. The number of aromatic nitrogens is 1. The highest BCUT2D eigenvalue weighted by atomic mass is 32.2. The van der Waals surface area contributed by atoms with Crippen molar-refractivity contribution in [1.29, 1.82) is 5.26 Å². The average Bonchev–Trinajstić information content (AvgIpc) is 2.94. The first-order valence-electron chi connectivity index (χ1n) is 9.55. The van der Waals surface area contributed by atoms with Crippen LogP contribution in [0.4, 0.5) is 5.82 Å². The molecule has 29 heavy (non-hydrogen) atoms. The minimum absolute atomic E-state index is 0.106. The van der Waals surface area contributed by atoms with Crippen LogP contribution in [0.1, 0.15) is 36.5 Å². The van der Waals surface area contributed by atoms with Crippen LogP contribution in [0, 0.1) is 24.2 Å². The third kappa shape index (κ3) is 3.89. The van der Waals surface area contributed by atoms with Gasteiger partial charge in [0.25, 0.3) is 11.5 Å². The molecule has 1 atom stereocenters. The largest absolute Gasteiger partial charge is 0.357 e. The van der Waals surface area contributed by atoms with E-state index in [4.69, 9.17) is 12.2 Å². The zero-order chi connectivity index (χ0) is 21.3. The van der Waals surface area contributed by atoms with Gasteiger partial charge in [0, 0.05) is 32.2 Å². The summed E-state index contributed by atoms with van der Waals surface area (Å²) >= 11 is 6.58. The number of rotatable bonds is 4. The van der Waals surface area contributed by atoms with Crippen molar-refractivity contribution in [3.8, 4) is 6.07 Å². The fraction of sp³-hybridized carbons (Fsp3) is 0.429. The summed E-state index contributed by atoms with van der Waals surface area (Å²) in [5.41, 5.74) is 1.12. The Kier molecular flexibility index (Phi) is 6.30. The second-order valence-electron chi connectivity index (χ2n) is 7.49. The fourth-order valence-electron chi connectivity index (χ4n) is 3.89. The third-order valence-electron chi connectivity index (χ3n) is 5.39. The second-order valence-corrected chi connectivity index (χ2v) is 9.16. The summed E-state index contributed by atoms with van der Waals surface area (Å²) in [4.78, 5) is 29.8.